The average molecular weight is 235 g/mol. The molecule has 0 fully saturated rings. The van der Waals surface area contributed by atoms with Gasteiger partial charge in [-0.2, -0.15) is 5.26 Å². The van der Waals surface area contributed by atoms with E-state index in [1.54, 1.807) is 18.2 Å². The van der Waals surface area contributed by atoms with E-state index in [-0.39, 0.29) is 6.61 Å². The Hall–Kier alpha value is -1.57. The van der Waals surface area contributed by atoms with Gasteiger partial charge in [0.05, 0.1) is 11.6 Å². The third-order valence-electron chi connectivity index (χ3n) is 2.32. The van der Waals surface area contributed by atoms with Gasteiger partial charge in [0.1, 0.15) is 31.1 Å². The van der Waals surface area contributed by atoms with Crippen molar-refractivity contribution in [1.29, 1.82) is 5.26 Å². The van der Waals surface area contributed by atoms with Crippen LogP contribution in [0.3, 0.4) is 0 Å². The molecule has 0 bridgehead atoms. The van der Waals surface area contributed by atoms with Gasteiger partial charge in [0.2, 0.25) is 0 Å². The third-order valence-corrected chi connectivity index (χ3v) is 2.32. The first-order chi connectivity index (χ1) is 8.13. The average Bonchev–Trinajstić information content (AvgIpc) is 2.34. The van der Waals surface area contributed by atoms with Crippen molar-refractivity contribution >= 4 is 0 Å². The Bertz CT molecular complexity index is 385. The van der Waals surface area contributed by atoms with E-state index in [9.17, 15) is 5.11 Å². The molecule has 0 aliphatic heterocycles. The van der Waals surface area contributed by atoms with Crippen LogP contribution in [0.15, 0.2) is 24.3 Å². The molecule has 92 valence electrons. The first-order valence-corrected chi connectivity index (χ1v) is 5.76. The molecular formula is C13H19N2O2+. The number of benzene rings is 1. The Labute approximate surface area is 102 Å². The zero-order chi connectivity index (χ0) is 12.7. The van der Waals surface area contributed by atoms with Gasteiger partial charge in [0.25, 0.3) is 0 Å². The molecule has 1 rings (SSSR count). The number of para-hydroxylation sites is 1. The first kappa shape index (κ1) is 13.5. The highest BCUT2D eigenvalue weighted by Gasteiger charge is 2.10. The minimum absolute atomic E-state index is 0.210. The van der Waals surface area contributed by atoms with Gasteiger partial charge in [-0.15, -0.1) is 0 Å². The smallest absolute Gasteiger partial charge is 0.137 e. The summed E-state index contributed by atoms with van der Waals surface area (Å²) in [6.45, 7) is 4.95. The molecule has 17 heavy (non-hydrogen) atoms. The van der Waals surface area contributed by atoms with Gasteiger partial charge in [-0.25, -0.2) is 0 Å². The van der Waals surface area contributed by atoms with E-state index in [4.69, 9.17) is 10.00 Å². The molecule has 4 heteroatoms. The SMILES string of the molecule is CC(C)[NH2+]CC(O)COc1ccccc1C#N. The van der Waals surface area contributed by atoms with Crippen LogP contribution in [-0.2, 0) is 0 Å². The molecule has 1 atom stereocenters. The fourth-order valence-electron chi connectivity index (χ4n) is 1.37. The Morgan fingerprint density at radius 1 is 1.41 bits per heavy atom. The summed E-state index contributed by atoms with van der Waals surface area (Å²) in [5.41, 5.74) is 0.493. The minimum atomic E-state index is -0.524. The Kier molecular flexibility index (Phi) is 5.47. The molecule has 0 radical (unpaired) electrons. The molecule has 0 aromatic heterocycles. The van der Waals surface area contributed by atoms with Crippen LogP contribution in [0.25, 0.3) is 0 Å². The van der Waals surface area contributed by atoms with Crippen molar-refractivity contribution in [3.8, 4) is 11.8 Å². The highest BCUT2D eigenvalue weighted by molar-refractivity contribution is 5.42. The van der Waals surface area contributed by atoms with E-state index in [2.05, 4.69) is 19.9 Å². The maximum absolute atomic E-state index is 9.68. The molecule has 4 nitrogen and oxygen atoms in total. The van der Waals surface area contributed by atoms with Crippen molar-refractivity contribution in [2.75, 3.05) is 13.2 Å². The lowest BCUT2D eigenvalue weighted by molar-refractivity contribution is -0.688. The molecule has 0 aliphatic rings. The number of ether oxygens (including phenoxy) is 1. The van der Waals surface area contributed by atoms with Crippen LogP contribution in [0.4, 0.5) is 0 Å². The number of nitrogens with zero attached hydrogens (tertiary/aromatic N) is 1. The van der Waals surface area contributed by atoms with Crippen LogP contribution in [0.5, 0.6) is 5.75 Å². The molecule has 1 aromatic carbocycles. The lowest BCUT2D eigenvalue weighted by Gasteiger charge is -2.13. The van der Waals surface area contributed by atoms with E-state index in [1.165, 1.54) is 0 Å². The van der Waals surface area contributed by atoms with Crippen molar-refractivity contribution in [2.24, 2.45) is 0 Å². The molecule has 0 saturated heterocycles. The standard InChI is InChI=1S/C13H18N2O2/c1-10(2)15-8-12(16)9-17-13-6-4-3-5-11(13)7-14/h3-6,10,12,15-16H,8-9H2,1-2H3/p+1. The third kappa shape index (κ3) is 4.85. The molecular weight excluding hydrogens is 216 g/mol. The monoisotopic (exact) mass is 235 g/mol. The zero-order valence-electron chi connectivity index (χ0n) is 10.3. The van der Waals surface area contributed by atoms with Crippen molar-refractivity contribution in [3.63, 3.8) is 0 Å². The number of quaternary nitrogens is 1. The van der Waals surface area contributed by atoms with E-state index < -0.39 is 6.10 Å². The largest absolute Gasteiger partial charge is 0.489 e. The molecule has 0 saturated carbocycles. The van der Waals surface area contributed by atoms with Gasteiger partial charge < -0.3 is 15.2 Å². The number of rotatable bonds is 6. The fraction of sp³-hybridized carbons (Fsp3) is 0.462. The Morgan fingerprint density at radius 3 is 2.76 bits per heavy atom. The zero-order valence-corrected chi connectivity index (χ0v) is 10.3. The van der Waals surface area contributed by atoms with Gasteiger partial charge in [0.15, 0.2) is 0 Å². The second-order valence-corrected chi connectivity index (χ2v) is 4.29. The quantitative estimate of drug-likeness (QED) is 0.743. The number of aliphatic hydroxyl groups is 1. The maximum atomic E-state index is 9.68. The molecule has 0 heterocycles. The normalized spacial score (nSPS) is 12.2. The second-order valence-electron chi connectivity index (χ2n) is 4.29. The maximum Gasteiger partial charge on any atom is 0.137 e. The van der Waals surface area contributed by atoms with E-state index >= 15 is 0 Å². The molecule has 0 aliphatic carbocycles. The molecule has 1 aromatic rings. The summed E-state index contributed by atoms with van der Waals surface area (Å²) in [5.74, 6) is 0.526. The Morgan fingerprint density at radius 2 is 2.12 bits per heavy atom. The van der Waals surface area contributed by atoms with Gasteiger partial charge in [0, 0.05) is 0 Å². The summed E-state index contributed by atoms with van der Waals surface area (Å²) in [7, 11) is 0. The van der Waals surface area contributed by atoms with Crippen molar-refractivity contribution < 1.29 is 15.2 Å². The van der Waals surface area contributed by atoms with Crippen LogP contribution in [0, 0.1) is 11.3 Å². The van der Waals surface area contributed by atoms with Crippen LogP contribution < -0.4 is 10.1 Å². The van der Waals surface area contributed by atoms with Crippen LogP contribution in [-0.4, -0.2) is 30.4 Å². The molecule has 1 unspecified atom stereocenters. The van der Waals surface area contributed by atoms with Crippen LogP contribution in [0.2, 0.25) is 0 Å². The summed E-state index contributed by atoms with van der Waals surface area (Å²) in [4.78, 5) is 0. The summed E-state index contributed by atoms with van der Waals surface area (Å²) < 4.78 is 5.43. The van der Waals surface area contributed by atoms with Gasteiger partial charge >= 0.3 is 0 Å². The summed E-state index contributed by atoms with van der Waals surface area (Å²) in [5, 5.41) is 20.6. The number of nitriles is 1. The highest BCUT2D eigenvalue weighted by Crippen LogP contribution is 2.16. The minimum Gasteiger partial charge on any atom is -0.489 e. The van der Waals surface area contributed by atoms with Gasteiger partial charge in [-0.3, -0.25) is 0 Å². The van der Waals surface area contributed by atoms with Gasteiger partial charge in [-0.05, 0) is 26.0 Å². The lowest BCUT2D eigenvalue weighted by atomic mass is 10.2. The van der Waals surface area contributed by atoms with E-state index in [1.807, 2.05) is 11.4 Å². The summed E-state index contributed by atoms with van der Waals surface area (Å²) in [6.07, 6.45) is -0.524. The molecule has 0 spiro atoms. The predicted molar refractivity (Wildman–Crippen MR) is 64.6 cm³/mol. The van der Waals surface area contributed by atoms with Crippen molar-refractivity contribution in [1.82, 2.24) is 0 Å². The van der Waals surface area contributed by atoms with Crippen LogP contribution >= 0.6 is 0 Å². The van der Waals surface area contributed by atoms with Crippen molar-refractivity contribution in [3.05, 3.63) is 29.8 Å². The molecule has 0 amide bonds. The topological polar surface area (TPSA) is 69.9 Å². The number of aliphatic hydroxyl groups excluding tert-OH is 1. The number of hydrogen-bond acceptors (Lipinski definition) is 3. The molecule has 3 N–H and O–H groups in total. The fourth-order valence-corrected chi connectivity index (χ4v) is 1.37. The number of hydrogen-bond donors (Lipinski definition) is 2. The number of nitrogens with two attached hydrogens (primary N) is 1. The first-order valence-electron chi connectivity index (χ1n) is 5.76. The van der Waals surface area contributed by atoms with E-state index in [0.29, 0.717) is 23.9 Å². The summed E-state index contributed by atoms with van der Waals surface area (Å²) in [6, 6.07) is 9.53. The Balaban J connectivity index is 2.42. The van der Waals surface area contributed by atoms with Gasteiger partial charge in [-0.1, -0.05) is 12.1 Å². The second kappa shape index (κ2) is 6.89. The predicted octanol–water partition coefficient (Wildman–Crippen LogP) is 0.270. The highest BCUT2D eigenvalue weighted by atomic mass is 16.5. The summed E-state index contributed by atoms with van der Waals surface area (Å²) >= 11 is 0. The van der Waals surface area contributed by atoms with Crippen molar-refractivity contribution in [2.45, 2.75) is 26.0 Å². The lowest BCUT2D eigenvalue weighted by Crippen LogP contribution is -2.90. The van der Waals surface area contributed by atoms with E-state index in [0.717, 1.165) is 0 Å². The van der Waals surface area contributed by atoms with Crippen LogP contribution in [0.1, 0.15) is 19.4 Å².